The number of hydrogen-bond acceptors (Lipinski definition) is 4. The summed E-state index contributed by atoms with van der Waals surface area (Å²) in [7, 11) is 0. The smallest absolute Gasteiger partial charge is 0.256 e. The Labute approximate surface area is 195 Å². The van der Waals surface area contributed by atoms with Gasteiger partial charge in [0, 0.05) is 34.9 Å². The third-order valence-electron chi connectivity index (χ3n) is 5.40. The van der Waals surface area contributed by atoms with Crippen LogP contribution in [0.1, 0.15) is 22.8 Å². The maximum atomic E-state index is 13.3. The van der Waals surface area contributed by atoms with E-state index >= 15 is 0 Å². The van der Waals surface area contributed by atoms with Crippen LogP contribution >= 0.6 is 11.6 Å². The highest BCUT2D eigenvalue weighted by Gasteiger charge is 2.16. The van der Waals surface area contributed by atoms with E-state index in [9.17, 15) is 4.79 Å². The molecule has 0 saturated heterocycles. The van der Waals surface area contributed by atoms with Crippen molar-refractivity contribution >= 4 is 34.1 Å². The SMILES string of the molecule is CCn1cc(-c2cc(C(=O)Nc3cnn(Cc4ccccc4Cl)c3)c3ccccc3n2)cn1. The first-order chi connectivity index (χ1) is 16.1. The van der Waals surface area contributed by atoms with Crippen molar-refractivity contribution in [2.24, 2.45) is 0 Å². The number of fused-ring (bicyclic) bond motifs is 1. The molecule has 0 atom stereocenters. The number of carbonyl (C=O) groups excluding carboxylic acids is 1. The van der Waals surface area contributed by atoms with E-state index in [-0.39, 0.29) is 5.91 Å². The molecule has 8 heteroatoms. The molecule has 0 bridgehead atoms. The minimum absolute atomic E-state index is 0.227. The van der Waals surface area contributed by atoms with Gasteiger partial charge in [-0.05, 0) is 30.7 Å². The van der Waals surface area contributed by atoms with Gasteiger partial charge < -0.3 is 5.32 Å². The number of hydrogen-bond donors (Lipinski definition) is 1. The molecule has 7 nitrogen and oxygen atoms in total. The Hall–Kier alpha value is -3.97. The monoisotopic (exact) mass is 456 g/mol. The largest absolute Gasteiger partial charge is 0.319 e. The molecule has 0 aliphatic heterocycles. The molecule has 0 aliphatic rings. The molecule has 1 amide bonds. The van der Waals surface area contributed by atoms with E-state index in [2.05, 4.69) is 15.5 Å². The van der Waals surface area contributed by atoms with Crippen LogP contribution in [0.4, 0.5) is 5.69 Å². The van der Waals surface area contributed by atoms with Gasteiger partial charge in [0.05, 0.1) is 41.4 Å². The average molecular weight is 457 g/mol. The molecule has 0 spiro atoms. The molecule has 0 radical (unpaired) electrons. The van der Waals surface area contributed by atoms with Crippen LogP contribution in [0.2, 0.25) is 5.02 Å². The summed E-state index contributed by atoms with van der Waals surface area (Å²) >= 11 is 6.25. The number of rotatable bonds is 6. The number of nitrogens with zero attached hydrogens (tertiary/aromatic N) is 5. The fourth-order valence-corrected chi connectivity index (χ4v) is 3.89. The summed E-state index contributed by atoms with van der Waals surface area (Å²) in [5.41, 5.74) is 4.42. The van der Waals surface area contributed by atoms with E-state index in [0.29, 0.717) is 28.5 Å². The molecule has 33 heavy (non-hydrogen) atoms. The number of pyridine rings is 1. The second-order valence-corrected chi connectivity index (χ2v) is 8.04. The van der Waals surface area contributed by atoms with Gasteiger partial charge in [-0.15, -0.1) is 0 Å². The van der Waals surface area contributed by atoms with E-state index < -0.39 is 0 Å². The number of carbonyl (C=O) groups is 1. The van der Waals surface area contributed by atoms with Crippen LogP contribution in [-0.2, 0) is 13.1 Å². The Balaban J connectivity index is 1.44. The van der Waals surface area contributed by atoms with Gasteiger partial charge in [-0.1, -0.05) is 48.0 Å². The zero-order valence-corrected chi connectivity index (χ0v) is 18.7. The average Bonchev–Trinajstić information content (AvgIpc) is 3.49. The second-order valence-electron chi connectivity index (χ2n) is 7.63. The Morgan fingerprint density at radius 2 is 1.79 bits per heavy atom. The summed E-state index contributed by atoms with van der Waals surface area (Å²) in [6, 6.07) is 17.0. The van der Waals surface area contributed by atoms with Gasteiger partial charge in [0.15, 0.2) is 0 Å². The summed E-state index contributed by atoms with van der Waals surface area (Å²) < 4.78 is 3.57. The Kier molecular flexibility index (Phi) is 5.62. The second kappa shape index (κ2) is 8.88. The van der Waals surface area contributed by atoms with Gasteiger partial charge in [0.1, 0.15) is 0 Å². The van der Waals surface area contributed by atoms with Crippen molar-refractivity contribution in [1.29, 1.82) is 0 Å². The van der Waals surface area contributed by atoms with Gasteiger partial charge >= 0.3 is 0 Å². The van der Waals surface area contributed by atoms with Crippen LogP contribution in [0.5, 0.6) is 0 Å². The molecule has 3 heterocycles. The molecule has 0 unspecified atom stereocenters. The number of nitrogens with one attached hydrogen (secondary N) is 1. The first kappa shape index (κ1) is 20.9. The first-order valence-electron chi connectivity index (χ1n) is 10.6. The van der Waals surface area contributed by atoms with Crippen LogP contribution in [0, 0.1) is 0 Å². The van der Waals surface area contributed by atoms with Crippen molar-refractivity contribution in [3.8, 4) is 11.3 Å². The number of aromatic nitrogens is 5. The van der Waals surface area contributed by atoms with Crippen molar-refractivity contribution in [2.45, 2.75) is 20.0 Å². The lowest BCUT2D eigenvalue weighted by molar-refractivity contribution is 0.102. The molecule has 0 saturated carbocycles. The van der Waals surface area contributed by atoms with Crippen molar-refractivity contribution in [1.82, 2.24) is 24.5 Å². The summed E-state index contributed by atoms with van der Waals surface area (Å²) in [6.45, 7) is 3.30. The quantitative estimate of drug-likeness (QED) is 0.377. The maximum Gasteiger partial charge on any atom is 0.256 e. The summed E-state index contributed by atoms with van der Waals surface area (Å²) in [6.07, 6.45) is 7.11. The Bertz CT molecular complexity index is 1450. The van der Waals surface area contributed by atoms with Gasteiger partial charge in [0.25, 0.3) is 5.91 Å². The molecular formula is C25H21ClN6O. The molecule has 2 aromatic carbocycles. The van der Waals surface area contributed by atoms with Gasteiger partial charge in [0.2, 0.25) is 0 Å². The molecule has 0 aliphatic carbocycles. The highest BCUT2D eigenvalue weighted by Crippen LogP contribution is 2.25. The van der Waals surface area contributed by atoms with Crippen molar-refractivity contribution in [3.05, 3.63) is 95.5 Å². The lowest BCUT2D eigenvalue weighted by Gasteiger charge is -2.09. The van der Waals surface area contributed by atoms with Crippen LogP contribution in [0.3, 0.4) is 0 Å². The first-order valence-corrected chi connectivity index (χ1v) is 11.0. The summed E-state index contributed by atoms with van der Waals surface area (Å²) in [5, 5.41) is 13.1. The molecular weight excluding hydrogens is 436 g/mol. The van der Waals surface area contributed by atoms with Gasteiger partial charge in [-0.2, -0.15) is 10.2 Å². The number of amides is 1. The zero-order valence-electron chi connectivity index (χ0n) is 17.9. The third-order valence-corrected chi connectivity index (χ3v) is 5.76. The van der Waals surface area contributed by atoms with E-state index in [0.717, 1.165) is 28.6 Å². The minimum Gasteiger partial charge on any atom is -0.319 e. The lowest BCUT2D eigenvalue weighted by atomic mass is 10.0. The topological polar surface area (TPSA) is 77.6 Å². The van der Waals surface area contributed by atoms with Crippen molar-refractivity contribution in [2.75, 3.05) is 5.32 Å². The van der Waals surface area contributed by atoms with E-state index in [1.807, 2.05) is 72.4 Å². The highest BCUT2D eigenvalue weighted by molar-refractivity contribution is 6.31. The number of para-hydroxylation sites is 1. The predicted molar refractivity (Wildman–Crippen MR) is 129 cm³/mol. The van der Waals surface area contributed by atoms with Crippen molar-refractivity contribution < 1.29 is 4.79 Å². The zero-order chi connectivity index (χ0) is 22.8. The third kappa shape index (κ3) is 4.36. The van der Waals surface area contributed by atoms with Crippen LogP contribution in [0.25, 0.3) is 22.2 Å². The lowest BCUT2D eigenvalue weighted by Crippen LogP contribution is -2.12. The molecule has 3 aromatic heterocycles. The Morgan fingerprint density at radius 1 is 1.00 bits per heavy atom. The Morgan fingerprint density at radius 3 is 2.61 bits per heavy atom. The van der Waals surface area contributed by atoms with Gasteiger partial charge in [-0.25, -0.2) is 4.98 Å². The standard InChI is InChI=1S/C25H21ClN6O/c1-2-31-15-18(12-27-31)24-11-21(20-8-4-6-10-23(20)30-24)25(33)29-19-13-28-32(16-19)14-17-7-3-5-9-22(17)26/h3-13,15-16H,2,14H2,1H3,(H,29,33). The number of anilines is 1. The fourth-order valence-electron chi connectivity index (χ4n) is 3.69. The summed E-state index contributed by atoms with van der Waals surface area (Å²) in [5.74, 6) is -0.227. The molecule has 1 N–H and O–H groups in total. The van der Waals surface area contributed by atoms with Crippen LogP contribution in [-0.4, -0.2) is 30.5 Å². The number of aryl methyl sites for hydroxylation is 1. The van der Waals surface area contributed by atoms with Crippen LogP contribution in [0.15, 0.2) is 79.4 Å². The van der Waals surface area contributed by atoms with E-state index in [1.54, 1.807) is 23.3 Å². The van der Waals surface area contributed by atoms with Crippen molar-refractivity contribution in [3.63, 3.8) is 0 Å². The van der Waals surface area contributed by atoms with E-state index in [4.69, 9.17) is 16.6 Å². The molecule has 0 fully saturated rings. The van der Waals surface area contributed by atoms with Crippen LogP contribution < -0.4 is 5.32 Å². The van der Waals surface area contributed by atoms with Gasteiger partial charge in [-0.3, -0.25) is 14.2 Å². The number of benzene rings is 2. The number of halogens is 1. The maximum absolute atomic E-state index is 13.3. The minimum atomic E-state index is -0.227. The molecule has 164 valence electrons. The fraction of sp³-hybridized carbons (Fsp3) is 0.120. The van der Waals surface area contributed by atoms with E-state index in [1.165, 1.54) is 0 Å². The normalized spacial score (nSPS) is 11.1. The molecule has 5 rings (SSSR count). The molecule has 5 aromatic rings. The summed E-state index contributed by atoms with van der Waals surface area (Å²) in [4.78, 5) is 18.0. The highest BCUT2D eigenvalue weighted by atomic mass is 35.5. The predicted octanol–water partition coefficient (Wildman–Crippen LogP) is 5.27.